The van der Waals surface area contributed by atoms with Crippen molar-refractivity contribution >= 4 is 35.6 Å². The zero-order valence-corrected chi connectivity index (χ0v) is 28.4. The Kier molecular flexibility index (Phi) is 22.8. The summed E-state index contributed by atoms with van der Waals surface area (Å²) >= 11 is 0. The molecule has 0 radical (unpaired) electrons. The van der Waals surface area contributed by atoms with E-state index in [1.165, 1.54) is 29.7 Å². The summed E-state index contributed by atoms with van der Waals surface area (Å²) in [6.07, 6.45) is 3.70. The number of hydrogen-bond donors (Lipinski definition) is 2. The number of esters is 2. The summed E-state index contributed by atoms with van der Waals surface area (Å²) in [6.45, 7) is 27.0. The lowest BCUT2D eigenvalue weighted by Gasteiger charge is -2.28. The van der Waals surface area contributed by atoms with E-state index in [-0.39, 0.29) is 112 Å². The van der Waals surface area contributed by atoms with Crippen LogP contribution in [0.5, 0.6) is 0 Å². The lowest BCUT2D eigenvalue weighted by molar-refractivity contribution is -0.141. The Labute approximate surface area is 283 Å². The van der Waals surface area contributed by atoms with Gasteiger partial charge in [0.15, 0.2) is 0 Å². The van der Waals surface area contributed by atoms with Crippen LogP contribution in [0.4, 0.5) is 0 Å². The smallest absolute Gasteiger partial charge is 0.333 e. The minimum absolute atomic E-state index is 0.0434. The fourth-order valence-corrected chi connectivity index (χ4v) is 3.74. The Balaban J connectivity index is 5.50. The normalized spacial score (nSPS) is 10.2. The Morgan fingerprint density at radius 2 is 1.15 bits per heavy atom. The van der Waals surface area contributed by atoms with Gasteiger partial charge >= 0.3 is 11.9 Å². The number of amides is 4. The van der Waals surface area contributed by atoms with Crippen molar-refractivity contribution in [1.82, 2.24) is 25.3 Å². The van der Waals surface area contributed by atoms with E-state index in [4.69, 9.17) is 14.2 Å². The molecule has 48 heavy (non-hydrogen) atoms. The molecule has 14 nitrogen and oxygen atoms in total. The van der Waals surface area contributed by atoms with Crippen molar-refractivity contribution in [3.05, 3.63) is 74.4 Å². The summed E-state index contributed by atoms with van der Waals surface area (Å²) < 4.78 is 16.0. The quantitative estimate of drug-likeness (QED) is 0.0729. The summed E-state index contributed by atoms with van der Waals surface area (Å²) in [7, 11) is 0. The molecular formula is C34H51N5O9. The van der Waals surface area contributed by atoms with Crippen LogP contribution in [0, 0.1) is 0 Å². The average Bonchev–Trinajstić information content (AvgIpc) is 3.07. The van der Waals surface area contributed by atoms with E-state index in [0.29, 0.717) is 19.6 Å². The Bertz CT molecular complexity index is 1200. The van der Waals surface area contributed by atoms with Crippen LogP contribution in [0.3, 0.4) is 0 Å². The van der Waals surface area contributed by atoms with Crippen LogP contribution >= 0.6 is 0 Å². The van der Waals surface area contributed by atoms with E-state index in [1.54, 1.807) is 0 Å². The summed E-state index contributed by atoms with van der Waals surface area (Å²) in [4.78, 5) is 77.4. The molecule has 0 rings (SSSR count). The van der Waals surface area contributed by atoms with Gasteiger partial charge in [-0.25, -0.2) is 9.59 Å². The van der Waals surface area contributed by atoms with Gasteiger partial charge in [-0.3, -0.25) is 24.1 Å². The maximum Gasteiger partial charge on any atom is 0.333 e. The van der Waals surface area contributed by atoms with Gasteiger partial charge in [0.2, 0.25) is 23.6 Å². The highest BCUT2D eigenvalue weighted by Crippen LogP contribution is 2.08. The molecule has 0 unspecified atom stereocenters. The molecule has 0 heterocycles. The number of carbonyl (C=O) groups is 6. The molecule has 0 bridgehead atoms. The summed E-state index contributed by atoms with van der Waals surface area (Å²) in [6, 6.07) is 0. The SMILES string of the molecule is C=CC(=O)NCCOCCN(CCOC(=O)C(=C)C)C(=O)C(=C)CCN(CCOC(=O)C(=C)C)CCN(CCNC(=O)C=C)C(=O)C=C. The summed E-state index contributed by atoms with van der Waals surface area (Å²) in [5.74, 6) is -2.51. The molecule has 0 saturated heterocycles. The standard InChI is InChI=1S/C34H51N5O9/c1-9-29(40)35-13-16-38(31(42)11-3)18-17-37(19-24-47-33(44)26(4)5)15-12-28(8)32(43)39(21-25-48-34(45)27(6)7)20-23-46-22-14-36-30(41)10-2/h9-11H,1-4,6,8,12-25H2,5,7H3,(H,35,40)(H,36,41). The Morgan fingerprint density at radius 1 is 0.604 bits per heavy atom. The molecule has 0 saturated carbocycles. The minimum Gasteiger partial charge on any atom is -0.461 e. The van der Waals surface area contributed by atoms with Gasteiger partial charge in [0, 0.05) is 69.1 Å². The second kappa shape index (κ2) is 25.3. The number of ether oxygens (including phenoxy) is 3. The predicted molar refractivity (Wildman–Crippen MR) is 182 cm³/mol. The van der Waals surface area contributed by atoms with Crippen molar-refractivity contribution in [3.8, 4) is 0 Å². The maximum atomic E-state index is 13.4. The molecule has 0 aromatic rings. The van der Waals surface area contributed by atoms with E-state index >= 15 is 0 Å². The summed E-state index contributed by atoms with van der Waals surface area (Å²) in [5.41, 5.74) is 0.755. The largest absolute Gasteiger partial charge is 0.461 e. The fraction of sp³-hybridized carbons (Fsp3) is 0.471. The zero-order chi connectivity index (χ0) is 36.5. The first-order chi connectivity index (χ1) is 22.8. The van der Waals surface area contributed by atoms with E-state index in [0.717, 1.165) is 12.2 Å². The first kappa shape index (κ1) is 43.2. The van der Waals surface area contributed by atoms with Gasteiger partial charge in [0.1, 0.15) is 13.2 Å². The third-order valence-corrected chi connectivity index (χ3v) is 6.53. The topological polar surface area (TPSA) is 164 Å². The van der Waals surface area contributed by atoms with Crippen LogP contribution in [0.15, 0.2) is 74.4 Å². The average molecular weight is 674 g/mol. The molecule has 0 aliphatic carbocycles. The molecule has 2 N–H and O–H groups in total. The van der Waals surface area contributed by atoms with Gasteiger partial charge in [-0.05, 0) is 38.5 Å². The van der Waals surface area contributed by atoms with Crippen molar-refractivity contribution in [3.63, 3.8) is 0 Å². The van der Waals surface area contributed by atoms with Crippen LogP contribution in [-0.2, 0) is 43.0 Å². The van der Waals surface area contributed by atoms with Crippen LogP contribution < -0.4 is 10.6 Å². The second-order valence-corrected chi connectivity index (χ2v) is 10.5. The molecule has 0 aromatic carbocycles. The molecule has 0 fully saturated rings. The van der Waals surface area contributed by atoms with Gasteiger partial charge in [-0.15, -0.1) is 0 Å². The van der Waals surface area contributed by atoms with Gasteiger partial charge in [-0.2, -0.15) is 0 Å². The molecule has 266 valence electrons. The van der Waals surface area contributed by atoms with Crippen LogP contribution in [0.1, 0.15) is 20.3 Å². The van der Waals surface area contributed by atoms with Gasteiger partial charge in [0.25, 0.3) is 0 Å². The third kappa shape index (κ3) is 19.6. The monoisotopic (exact) mass is 673 g/mol. The molecular weight excluding hydrogens is 622 g/mol. The molecule has 0 aliphatic rings. The first-order valence-corrected chi connectivity index (χ1v) is 15.4. The van der Waals surface area contributed by atoms with E-state index < -0.39 is 11.9 Å². The van der Waals surface area contributed by atoms with Crippen molar-refractivity contribution < 1.29 is 43.0 Å². The van der Waals surface area contributed by atoms with Crippen molar-refractivity contribution in [2.75, 3.05) is 85.3 Å². The lowest BCUT2D eigenvalue weighted by atomic mass is 10.1. The Morgan fingerprint density at radius 3 is 1.69 bits per heavy atom. The molecule has 0 aliphatic heterocycles. The highest BCUT2D eigenvalue weighted by Gasteiger charge is 2.20. The highest BCUT2D eigenvalue weighted by molar-refractivity contribution is 5.93. The molecule has 14 heteroatoms. The fourth-order valence-electron chi connectivity index (χ4n) is 3.74. The van der Waals surface area contributed by atoms with Crippen molar-refractivity contribution in [2.24, 2.45) is 0 Å². The number of nitrogens with one attached hydrogen (secondary N) is 2. The van der Waals surface area contributed by atoms with Crippen molar-refractivity contribution in [2.45, 2.75) is 20.3 Å². The molecule has 0 spiro atoms. The number of hydrogen-bond acceptors (Lipinski definition) is 10. The van der Waals surface area contributed by atoms with Crippen LogP contribution in [-0.4, -0.2) is 136 Å². The first-order valence-electron chi connectivity index (χ1n) is 15.4. The molecule has 0 atom stereocenters. The Hall–Kier alpha value is -4.82. The predicted octanol–water partition coefficient (Wildman–Crippen LogP) is 0.938. The van der Waals surface area contributed by atoms with E-state index in [2.05, 4.69) is 50.1 Å². The second-order valence-electron chi connectivity index (χ2n) is 10.5. The lowest BCUT2D eigenvalue weighted by Crippen LogP contribution is -2.43. The van der Waals surface area contributed by atoms with Gasteiger partial charge in [0.05, 0.1) is 19.8 Å². The minimum atomic E-state index is -0.578. The number of rotatable bonds is 27. The zero-order valence-electron chi connectivity index (χ0n) is 28.4. The van der Waals surface area contributed by atoms with Crippen LogP contribution in [0.2, 0.25) is 0 Å². The third-order valence-electron chi connectivity index (χ3n) is 6.53. The van der Waals surface area contributed by atoms with E-state index in [1.807, 2.05) is 4.90 Å². The number of carbonyl (C=O) groups excluding carboxylic acids is 6. The molecule has 0 aromatic heterocycles. The summed E-state index contributed by atoms with van der Waals surface area (Å²) in [5, 5.41) is 5.22. The van der Waals surface area contributed by atoms with E-state index in [9.17, 15) is 28.8 Å². The van der Waals surface area contributed by atoms with Gasteiger partial charge in [-0.1, -0.05) is 39.5 Å². The van der Waals surface area contributed by atoms with Crippen molar-refractivity contribution in [1.29, 1.82) is 0 Å². The van der Waals surface area contributed by atoms with Crippen LogP contribution in [0.25, 0.3) is 0 Å². The van der Waals surface area contributed by atoms with Gasteiger partial charge < -0.3 is 34.6 Å². The molecule has 4 amide bonds. The highest BCUT2D eigenvalue weighted by atomic mass is 16.5. The number of nitrogens with zero attached hydrogens (tertiary/aromatic N) is 3. The maximum absolute atomic E-state index is 13.4.